The lowest BCUT2D eigenvalue weighted by Gasteiger charge is -2.14. The summed E-state index contributed by atoms with van der Waals surface area (Å²) in [6.45, 7) is 1.17. The van der Waals surface area contributed by atoms with Crippen LogP contribution in [0.4, 0.5) is 0 Å². The Labute approximate surface area is 144 Å². The maximum atomic E-state index is 12.5. The van der Waals surface area contributed by atoms with Crippen molar-refractivity contribution in [1.82, 2.24) is 15.1 Å². The lowest BCUT2D eigenvalue weighted by Crippen LogP contribution is -2.27. The van der Waals surface area contributed by atoms with Crippen molar-refractivity contribution < 1.29 is 4.79 Å². The van der Waals surface area contributed by atoms with Crippen molar-refractivity contribution in [2.75, 3.05) is 13.1 Å². The predicted octanol–water partition coefficient (Wildman–Crippen LogP) is 2.59. The van der Waals surface area contributed by atoms with Crippen LogP contribution in [0.25, 0.3) is 5.69 Å². The standard InChI is InChI=1S/C17H21BrN4O/c18-12-5-3-6-13(11-12)22-15-8-2-1-7-14(15)16(21-22)17(23)20-10-4-9-19/h3,5-6,11H,1-2,4,7-10,19H2,(H,20,23). The Morgan fingerprint density at radius 3 is 2.96 bits per heavy atom. The van der Waals surface area contributed by atoms with E-state index in [0.717, 1.165) is 47.8 Å². The first kappa shape index (κ1) is 16.2. The second-order valence-electron chi connectivity index (χ2n) is 5.77. The summed E-state index contributed by atoms with van der Waals surface area (Å²) < 4.78 is 2.93. The second-order valence-corrected chi connectivity index (χ2v) is 6.69. The Hall–Kier alpha value is -1.66. The molecule has 6 heteroatoms. The van der Waals surface area contributed by atoms with Crippen molar-refractivity contribution >= 4 is 21.8 Å². The zero-order chi connectivity index (χ0) is 16.2. The number of nitrogens with two attached hydrogens (primary N) is 1. The average Bonchev–Trinajstić information content (AvgIpc) is 2.95. The number of fused-ring (bicyclic) bond motifs is 1. The van der Waals surface area contributed by atoms with Gasteiger partial charge < -0.3 is 11.1 Å². The Morgan fingerprint density at radius 2 is 2.17 bits per heavy atom. The van der Waals surface area contributed by atoms with Crippen LogP contribution in [0, 0.1) is 0 Å². The maximum Gasteiger partial charge on any atom is 0.272 e. The normalized spacial score (nSPS) is 13.7. The first-order valence-electron chi connectivity index (χ1n) is 8.05. The van der Waals surface area contributed by atoms with Crippen molar-refractivity contribution in [3.8, 4) is 5.69 Å². The Kier molecular flexibility index (Phi) is 5.13. The molecule has 122 valence electrons. The molecule has 0 atom stereocenters. The van der Waals surface area contributed by atoms with Crippen molar-refractivity contribution in [3.05, 3.63) is 45.7 Å². The van der Waals surface area contributed by atoms with Crippen LogP contribution < -0.4 is 11.1 Å². The summed E-state index contributed by atoms with van der Waals surface area (Å²) in [6.07, 6.45) is 4.91. The molecule has 0 saturated heterocycles. The van der Waals surface area contributed by atoms with E-state index in [9.17, 15) is 4.79 Å². The Morgan fingerprint density at radius 1 is 1.35 bits per heavy atom. The van der Waals surface area contributed by atoms with Gasteiger partial charge >= 0.3 is 0 Å². The van der Waals surface area contributed by atoms with Gasteiger partial charge in [-0.15, -0.1) is 0 Å². The molecule has 1 aromatic carbocycles. The van der Waals surface area contributed by atoms with Crippen molar-refractivity contribution in [2.45, 2.75) is 32.1 Å². The van der Waals surface area contributed by atoms with Crippen LogP contribution in [-0.2, 0) is 12.8 Å². The fraction of sp³-hybridized carbons (Fsp3) is 0.412. The van der Waals surface area contributed by atoms with Crippen LogP contribution in [0.15, 0.2) is 28.7 Å². The molecule has 5 nitrogen and oxygen atoms in total. The summed E-state index contributed by atoms with van der Waals surface area (Å²) in [7, 11) is 0. The van der Waals surface area contributed by atoms with Gasteiger partial charge in [0, 0.05) is 22.3 Å². The second kappa shape index (κ2) is 7.27. The summed E-state index contributed by atoms with van der Waals surface area (Å²) in [5.74, 6) is -0.0923. The highest BCUT2D eigenvalue weighted by molar-refractivity contribution is 9.10. The Bertz CT molecular complexity index is 711. The largest absolute Gasteiger partial charge is 0.351 e. The monoisotopic (exact) mass is 376 g/mol. The molecule has 0 bridgehead atoms. The topological polar surface area (TPSA) is 72.9 Å². The number of rotatable bonds is 5. The first-order valence-corrected chi connectivity index (χ1v) is 8.85. The smallest absolute Gasteiger partial charge is 0.272 e. The van der Waals surface area contributed by atoms with Gasteiger partial charge in [-0.1, -0.05) is 22.0 Å². The Balaban J connectivity index is 1.96. The molecule has 0 unspecified atom stereocenters. The van der Waals surface area contributed by atoms with E-state index in [0.29, 0.717) is 18.8 Å². The molecule has 1 aromatic heterocycles. The first-order chi connectivity index (χ1) is 11.2. The lowest BCUT2D eigenvalue weighted by molar-refractivity contribution is 0.0947. The van der Waals surface area contributed by atoms with Gasteiger partial charge in [-0.3, -0.25) is 4.79 Å². The van der Waals surface area contributed by atoms with E-state index in [-0.39, 0.29) is 5.91 Å². The van der Waals surface area contributed by atoms with Crippen LogP contribution in [-0.4, -0.2) is 28.8 Å². The third kappa shape index (κ3) is 3.48. The molecule has 0 saturated carbocycles. The van der Waals surface area contributed by atoms with Crippen molar-refractivity contribution in [1.29, 1.82) is 0 Å². The molecule has 1 amide bonds. The van der Waals surface area contributed by atoms with E-state index in [1.54, 1.807) is 0 Å². The third-order valence-corrected chi connectivity index (χ3v) is 4.61. The van der Waals surface area contributed by atoms with Gasteiger partial charge in [0.15, 0.2) is 5.69 Å². The molecule has 1 aliphatic carbocycles. The highest BCUT2D eigenvalue weighted by Crippen LogP contribution is 2.27. The molecule has 0 aliphatic heterocycles. The van der Waals surface area contributed by atoms with Gasteiger partial charge in [0.1, 0.15) is 0 Å². The van der Waals surface area contributed by atoms with Gasteiger partial charge in [0.25, 0.3) is 5.91 Å². The van der Waals surface area contributed by atoms with Gasteiger partial charge in [0.05, 0.1) is 5.69 Å². The zero-order valence-corrected chi connectivity index (χ0v) is 14.6. The SMILES string of the molecule is NCCCNC(=O)c1nn(-c2cccc(Br)c2)c2c1CCCC2. The van der Waals surface area contributed by atoms with E-state index >= 15 is 0 Å². The van der Waals surface area contributed by atoms with E-state index in [1.807, 2.05) is 28.9 Å². The van der Waals surface area contributed by atoms with Crippen LogP contribution >= 0.6 is 15.9 Å². The number of benzene rings is 1. The highest BCUT2D eigenvalue weighted by atomic mass is 79.9. The van der Waals surface area contributed by atoms with E-state index in [2.05, 4.69) is 26.3 Å². The van der Waals surface area contributed by atoms with Crippen LogP contribution in [0.2, 0.25) is 0 Å². The molecule has 0 fully saturated rings. The summed E-state index contributed by atoms with van der Waals surface area (Å²) in [6, 6.07) is 8.01. The van der Waals surface area contributed by atoms with Gasteiger partial charge in [0.2, 0.25) is 0 Å². The van der Waals surface area contributed by atoms with E-state index < -0.39 is 0 Å². The fourth-order valence-electron chi connectivity index (χ4n) is 2.99. The number of amides is 1. The van der Waals surface area contributed by atoms with Gasteiger partial charge in [-0.05, 0) is 56.8 Å². The van der Waals surface area contributed by atoms with Gasteiger partial charge in [-0.25, -0.2) is 4.68 Å². The van der Waals surface area contributed by atoms with Crippen LogP contribution in [0.5, 0.6) is 0 Å². The number of carbonyl (C=O) groups excluding carboxylic acids is 1. The number of nitrogens with zero attached hydrogens (tertiary/aromatic N) is 2. The predicted molar refractivity (Wildman–Crippen MR) is 93.9 cm³/mol. The molecule has 1 aliphatic rings. The molecule has 0 radical (unpaired) electrons. The summed E-state index contributed by atoms with van der Waals surface area (Å²) in [5.41, 5.74) is 9.30. The summed E-state index contributed by atoms with van der Waals surface area (Å²) in [4.78, 5) is 12.5. The minimum Gasteiger partial charge on any atom is -0.351 e. The summed E-state index contributed by atoms with van der Waals surface area (Å²) in [5, 5.41) is 7.56. The quantitative estimate of drug-likeness (QED) is 0.787. The van der Waals surface area contributed by atoms with Crippen molar-refractivity contribution in [2.24, 2.45) is 5.73 Å². The number of hydrogen-bond acceptors (Lipinski definition) is 3. The van der Waals surface area contributed by atoms with Gasteiger partial charge in [-0.2, -0.15) is 5.10 Å². The summed E-state index contributed by atoms with van der Waals surface area (Å²) >= 11 is 3.50. The number of nitrogens with one attached hydrogen (secondary N) is 1. The average molecular weight is 377 g/mol. The zero-order valence-electron chi connectivity index (χ0n) is 13.0. The number of carbonyl (C=O) groups is 1. The third-order valence-electron chi connectivity index (χ3n) is 4.11. The number of aromatic nitrogens is 2. The minimum atomic E-state index is -0.0923. The highest BCUT2D eigenvalue weighted by Gasteiger charge is 2.25. The van der Waals surface area contributed by atoms with E-state index in [1.165, 1.54) is 5.69 Å². The van der Waals surface area contributed by atoms with Crippen LogP contribution in [0.3, 0.4) is 0 Å². The van der Waals surface area contributed by atoms with Crippen molar-refractivity contribution in [3.63, 3.8) is 0 Å². The van der Waals surface area contributed by atoms with E-state index in [4.69, 9.17) is 5.73 Å². The molecule has 3 N–H and O–H groups in total. The minimum absolute atomic E-state index is 0.0923. The lowest BCUT2D eigenvalue weighted by atomic mass is 9.95. The molecular weight excluding hydrogens is 356 g/mol. The number of hydrogen-bond donors (Lipinski definition) is 2. The maximum absolute atomic E-state index is 12.5. The molecule has 0 spiro atoms. The molecular formula is C17H21BrN4O. The molecule has 3 rings (SSSR count). The fourth-order valence-corrected chi connectivity index (χ4v) is 3.38. The molecule has 23 heavy (non-hydrogen) atoms. The molecule has 2 aromatic rings. The molecule has 1 heterocycles. The number of halogens is 1. The van der Waals surface area contributed by atoms with Crippen LogP contribution in [0.1, 0.15) is 41.0 Å².